The van der Waals surface area contributed by atoms with Gasteiger partial charge in [0.05, 0.1) is 5.92 Å². The molecule has 2 aliphatic rings. The maximum Gasteiger partial charge on any atom is 0.244 e. The van der Waals surface area contributed by atoms with Gasteiger partial charge in [0, 0.05) is 19.6 Å². The van der Waals surface area contributed by atoms with Gasteiger partial charge in [0.15, 0.2) is 0 Å². The van der Waals surface area contributed by atoms with Crippen LogP contribution in [0.4, 0.5) is 0 Å². The van der Waals surface area contributed by atoms with Gasteiger partial charge in [-0.25, -0.2) is 0 Å². The van der Waals surface area contributed by atoms with E-state index in [2.05, 4.69) is 10.6 Å². The molecule has 0 radical (unpaired) electrons. The van der Waals surface area contributed by atoms with Crippen molar-refractivity contribution in [1.29, 1.82) is 0 Å². The maximum absolute atomic E-state index is 12.1. The van der Waals surface area contributed by atoms with Crippen molar-refractivity contribution >= 4 is 24.2 Å². The van der Waals surface area contributed by atoms with Gasteiger partial charge in [0.25, 0.3) is 0 Å². The van der Waals surface area contributed by atoms with E-state index in [1.807, 2.05) is 4.90 Å². The summed E-state index contributed by atoms with van der Waals surface area (Å²) in [4.78, 5) is 25.9. The highest BCUT2D eigenvalue weighted by Gasteiger charge is 2.27. The average molecular weight is 290 g/mol. The molecule has 0 saturated carbocycles. The Morgan fingerprint density at radius 2 is 1.95 bits per heavy atom. The lowest BCUT2D eigenvalue weighted by molar-refractivity contribution is -0.137. The number of nitrogens with zero attached hydrogens (tertiary/aromatic N) is 1. The first-order valence-electron chi connectivity index (χ1n) is 6.98. The molecule has 2 atom stereocenters. The summed E-state index contributed by atoms with van der Waals surface area (Å²) in [5.74, 6) is 0.105. The lowest BCUT2D eigenvalue weighted by Gasteiger charge is -2.29. The van der Waals surface area contributed by atoms with Crippen molar-refractivity contribution in [2.24, 2.45) is 5.92 Å². The number of amides is 2. The fraction of sp³-hybridized carbons (Fsp3) is 0.846. The summed E-state index contributed by atoms with van der Waals surface area (Å²) in [5.41, 5.74) is 0. The predicted molar refractivity (Wildman–Crippen MR) is 76.3 cm³/mol. The first-order chi connectivity index (χ1) is 8.68. The molecular formula is C13H24ClN3O2. The number of nitrogens with one attached hydrogen (secondary N) is 2. The molecule has 110 valence electrons. The lowest BCUT2D eigenvalue weighted by Crippen LogP contribution is -2.49. The highest BCUT2D eigenvalue weighted by atomic mass is 35.5. The zero-order chi connectivity index (χ0) is 13.0. The monoisotopic (exact) mass is 289 g/mol. The van der Waals surface area contributed by atoms with Gasteiger partial charge in [-0.15, -0.1) is 12.4 Å². The molecule has 6 heteroatoms. The van der Waals surface area contributed by atoms with Gasteiger partial charge in [-0.3, -0.25) is 9.59 Å². The van der Waals surface area contributed by atoms with Crippen molar-refractivity contribution in [3.05, 3.63) is 0 Å². The summed E-state index contributed by atoms with van der Waals surface area (Å²) < 4.78 is 0. The van der Waals surface area contributed by atoms with Crippen molar-refractivity contribution in [2.75, 3.05) is 26.2 Å². The molecule has 2 heterocycles. The fourth-order valence-electron chi connectivity index (χ4n) is 2.66. The fourth-order valence-corrected chi connectivity index (χ4v) is 2.66. The smallest absolute Gasteiger partial charge is 0.244 e. The van der Waals surface area contributed by atoms with Crippen LogP contribution in [0.3, 0.4) is 0 Å². The summed E-state index contributed by atoms with van der Waals surface area (Å²) in [6.45, 7) is 5.09. The standard InChI is InChI=1S/C13H23N3O2.ClH/c1-10(13(18)16-7-3-2-4-8-16)15-12(17)11-5-6-14-9-11;/h10-11,14H,2-9H2,1H3,(H,15,17);1H. The second-order valence-electron chi connectivity index (χ2n) is 5.31. The van der Waals surface area contributed by atoms with Gasteiger partial charge in [0.2, 0.25) is 11.8 Å². The molecule has 2 N–H and O–H groups in total. The summed E-state index contributed by atoms with van der Waals surface area (Å²) in [6, 6.07) is -0.392. The molecule has 2 rings (SSSR count). The van der Waals surface area contributed by atoms with Crippen LogP contribution in [0.15, 0.2) is 0 Å². The van der Waals surface area contributed by atoms with Crippen molar-refractivity contribution in [1.82, 2.24) is 15.5 Å². The Bertz CT molecular complexity index is 313. The van der Waals surface area contributed by atoms with Crippen LogP contribution in [-0.2, 0) is 9.59 Å². The molecule has 5 nitrogen and oxygen atoms in total. The van der Waals surface area contributed by atoms with Crippen molar-refractivity contribution < 1.29 is 9.59 Å². The minimum atomic E-state index is -0.392. The molecule has 0 aliphatic carbocycles. The van der Waals surface area contributed by atoms with E-state index in [1.54, 1.807) is 6.92 Å². The van der Waals surface area contributed by atoms with Gasteiger partial charge >= 0.3 is 0 Å². The van der Waals surface area contributed by atoms with E-state index in [-0.39, 0.29) is 30.1 Å². The van der Waals surface area contributed by atoms with Crippen molar-refractivity contribution in [3.63, 3.8) is 0 Å². The SMILES string of the molecule is CC(NC(=O)C1CCNC1)C(=O)N1CCCCC1.Cl. The summed E-state index contributed by atoms with van der Waals surface area (Å²) >= 11 is 0. The zero-order valence-electron chi connectivity index (χ0n) is 11.5. The molecule has 0 bridgehead atoms. The molecule has 0 aromatic rings. The Morgan fingerprint density at radius 1 is 1.26 bits per heavy atom. The maximum atomic E-state index is 12.1. The van der Waals surface area contributed by atoms with Crippen LogP contribution >= 0.6 is 12.4 Å². The second kappa shape index (κ2) is 7.70. The third kappa shape index (κ3) is 4.35. The van der Waals surface area contributed by atoms with Gasteiger partial charge in [-0.2, -0.15) is 0 Å². The predicted octanol–water partition coefficient (Wildman–Crippen LogP) is 0.535. The molecule has 2 aliphatic heterocycles. The van der Waals surface area contributed by atoms with E-state index in [4.69, 9.17) is 0 Å². The number of carbonyl (C=O) groups is 2. The minimum absolute atomic E-state index is 0. The molecule has 2 fully saturated rings. The Hall–Kier alpha value is -0.810. The number of carbonyl (C=O) groups excluding carboxylic acids is 2. The molecule has 0 spiro atoms. The van der Waals surface area contributed by atoms with E-state index < -0.39 is 6.04 Å². The first kappa shape index (κ1) is 16.2. The number of likely N-dealkylation sites (tertiary alicyclic amines) is 1. The highest BCUT2D eigenvalue weighted by molar-refractivity contribution is 5.88. The van der Waals surface area contributed by atoms with Crippen LogP contribution in [0.2, 0.25) is 0 Å². The van der Waals surface area contributed by atoms with Crippen LogP contribution in [0.25, 0.3) is 0 Å². The second-order valence-corrected chi connectivity index (χ2v) is 5.31. The third-order valence-electron chi connectivity index (χ3n) is 3.83. The van der Waals surface area contributed by atoms with Crippen LogP contribution < -0.4 is 10.6 Å². The normalized spacial score (nSPS) is 24.5. The van der Waals surface area contributed by atoms with Crippen LogP contribution in [-0.4, -0.2) is 48.9 Å². The van der Waals surface area contributed by atoms with Gasteiger partial charge < -0.3 is 15.5 Å². The Balaban J connectivity index is 0.00000180. The summed E-state index contributed by atoms with van der Waals surface area (Å²) in [7, 11) is 0. The van der Waals surface area contributed by atoms with E-state index >= 15 is 0 Å². The zero-order valence-corrected chi connectivity index (χ0v) is 12.3. The number of hydrogen-bond acceptors (Lipinski definition) is 3. The van der Waals surface area contributed by atoms with Gasteiger partial charge in [-0.1, -0.05) is 0 Å². The number of halogens is 1. The molecular weight excluding hydrogens is 266 g/mol. The van der Waals surface area contributed by atoms with E-state index in [0.717, 1.165) is 45.4 Å². The summed E-state index contributed by atoms with van der Waals surface area (Å²) in [5, 5.41) is 6.01. The Kier molecular flexibility index (Phi) is 6.58. The Morgan fingerprint density at radius 3 is 2.53 bits per heavy atom. The molecule has 2 amide bonds. The molecule has 2 saturated heterocycles. The van der Waals surface area contributed by atoms with Crippen molar-refractivity contribution in [2.45, 2.75) is 38.6 Å². The third-order valence-corrected chi connectivity index (χ3v) is 3.83. The van der Waals surface area contributed by atoms with E-state index in [9.17, 15) is 9.59 Å². The van der Waals surface area contributed by atoms with E-state index in [0.29, 0.717) is 0 Å². The van der Waals surface area contributed by atoms with Gasteiger partial charge in [0.1, 0.15) is 6.04 Å². The number of rotatable bonds is 3. The molecule has 0 aromatic heterocycles. The molecule has 0 aromatic carbocycles. The van der Waals surface area contributed by atoms with Crippen molar-refractivity contribution in [3.8, 4) is 0 Å². The quantitative estimate of drug-likeness (QED) is 0.797. The van der Waals surface area contributed by atoms with Crippen LogP contribution in [0.1, 0.15) is 32.6 Å². The first-order valence-corrected chi connectivity index (χ1v) is 6.98. The van der Waals surface area contributed by atoms with Crippen LogP contribution in [0.5, 0.6) is 0 Å². The Labute approximate surface area is 120 Å². The lowest BCUT2D eigenvalue weighted by atomic mass is 10.1. The largest absolute Gasteiger partial charge is 0.344 e. The molecule has 19 heavy (non-hydrogen) atoms. The number of hydrogen-bond donors (Lipinski definition) is 2. The van der Waals surface area contributed by atoms with Gasteiger partial charge in [-0.05, 0) is 39.2 Å². The topological polar surface area (TPSA) is 61.4 Å². The summed E-state index contributed by atoms with van der Waals surface area (Å²) in [6.07, 6.45) is 4.24. The minimum Gasteiger partial charge on any atom is -0.344 e. The van der Waals surface area contributed by atoms with Crippen LogP contribution in [0, 0.1) is 5.92 Å². The number of piperidine rings is 1. The average Bonchev–Trinajstić information content (AvgIpc) is 2.92. The van der Waals surface area contributed by atoms with E-state index in [1.165, 1.54) is 6.42 Å². The molecule has 2 unspecified atom stereocenters. The highest BCUT2D eigenvalue weighted by Crippen LogP contribution is 2.11.